The maximum Gasteiger partial charge on any atom is 0.356 e. The minimum atomic E-state index is -1.11. The van der Waals surface area contributed by atoms with Crippen LogP contribution in [0.1, 0.15) is 10.5 Å². The van der Waals surface area contributed by atoms with Crippen molar-refractivity contribution in [3.05, 3.63) is 42.1 Å². The number of aromatic nitrogens is 3. The van der Waals surface area contributed by atoms with Crippen LogP contribution in [-0.4, -0.2) is 25.8 Å². The summed E-state index contributed by atoms with van der Waals surface area (Å²) in [7, 11) is 0. The lowest BCUT2D eigenvalue weighted by Gasteiger charge is -1.98. The molecule has 5 nitrogen and oxygen atoms in total. The fourth-order valence-corrected chi connectivity index (χ4v) is 1.07. The van der Waals surface area contributed by atoms with E-state index in [2.05, 4.69) is 10.1 Å². The largest absolute Gasteiger partial charge is 0.476 e. The number of aromatic carboxylic acids is 1. The standard InChI is InChI=1S/C9H6FN3O2/c10-6-1-2-8(11-5-6)13-4-3-7(12-13)9(14)15/h1-5H,(H,14,15). The topological polar surface area (TPSA) is 68.0 Å². The Morgan fingerprint density at radius 1 is 1.40 bits per heavy atom. The number of carbonyl (C=O) groups is 1. The van der Waals surface area contributed by atoms with E-state index in [0.717, 1.165) is 6.20 Å². The van der Waals surface area contributed by atoms with Crippen LogP contribution in [0.5, 0.6) is 0 Å². The predicted octanol–water partition coefficient (Wildman–Crippen LogP) is 1.10. The van der Waals surface area contributed by atoms with Crippen LogP contribution < -0.4 is 0 Å². The zero-order chi connectivity index (χ0) is 10.8. The molecule has 0 aliphatic rings. The molecule has 0 atom stereocenters. The zero-order valence-electron chi connectivity index (χ0n) is 7.46. The molecular formula is C9H6FN3O2. The Hall–Kier alpha value is -2.24. The number of nitrogens with zero attached hydrogens (tertiary/aromatic N) is 3. The molecule has 2 rings (SSSR count). The number of rotatable bonds is 2. The average molecular weight is 207 g/mol. The molecule has 0 aromatic carbocycles. The van der Waals surface area contributed by atoms with Crippen molar-refractivity contribution in [3.63, 3.8) is 0 Å². The van der Waals surface area contributed by atoms with Gasteiger partial charge in [0.05, 0.1) is 6.20 Å². The summed E-state index contributed by atoms with van der Waals surface area (Å²) in [5.41, 5.74) is -0.0823. The molecule has 2 aromatic rings. The van der Waals surface area contributed by atoms with Gasteiger partial charge in [-0.25, -0.2) is 18.9 Å². The highest BCUT2D eigenvalue weighted by molar-refractivity contribution is 5.85. The summed E-state index contributed by atoms with van der Waals surface area (Å²) < 4.78 is 13.8. The summed E-state index contributed by atoms with van der Waals surface area (Å²) in [6, 6.07) is 3.98. The van der Waals surface area contributed by atoms with Crippen molar-refractivity contribution in [2.45, 2.75) is 0 Å². The number of halogens is 1. The van der Waals surface area contributed by atoms with Crippen molar-refractivity contribution in [2.24, 2.45) is 0 Å². The smallest absolute Gasteiger partial charge is 0.356 e. The molecule has 0 spiro atoms. The monoisotopic (exact) mass is 207 g/mol. The predicted molar refractivity (Wildman–Crippen MR) is 48.3 cm³/mol. The van der Waals surface area contributed by atoms with E-state index in [1.54, 1.807) is 0 Å². The van der Waals surface area contributed by atoms with Crippen LogP contribution in [-0.2, 0) is 0 Å². The Bertz CT molecular complexity index is 492. The summed E-state index contributed by atoms with van der Waals surface area (Å²) in [5, 5.41) is 12.4. The van der Waals surface area contributed by atoms with E-state index in [1.807, 2.05) is 0 Å². The molecule has 6 heteroatoms. The first-order valence-electron chi connectivity index (χ1n) is 4.08. The van der Waals surface area contributed by atoms with Gasteiger partial charge in [0, 0.05) is 6.20 Å². The van der Waals surface area contributed by atoms with Gasteiger partial charge >= 0.3 is 5.97 Å². The Labute approximate surface area is 83.8 Å². The van der Waals surface area contributed by atoms with Crippen LogP contribution in [0.4, 0.5) is 4.39 Å². The van der Waals surface area contributed by atoms with Crippen molar-refractivity contribution in [1.29, 1.82) is 0 Å². The van der Waals surface area contributed by atoms with Gasteiger partial charge in [0.1, 0.15) is 5.82 Å². The molecule has 0 bridgehead atoms. The van der Waals surface area contributed by atoms with E-state index in [9.17, 15) is 9.18 Å². The SMILES string of the molecule is O=C(O)c1ccn(-c2ccc(F)cn2)n1. The molecule has 0 amide bonds. The van der Waals surface area contributed by atoms with Crippen LogP contribution in [0, 0.1) is 5.82 Å². The summed E-state index contributed by atoms with van der Waals surface area (Å²) in [6.45, 7) is 0. The van der Waals surface area contributed by atoms with E-state index >= 15 is 0 Å². The maximum absolute atomic E-state index is 12.5. The van der Waals surface area contributed by atoms with Gasteiger partial charge in [-0.3, -0.25) is 0 Å². The second kappa shape index (κ2) is 3.49. The van der Waals surface area contributed by atoms with E-state index in [1.165, 1.54) is 29.1 Å². The first-order chi connectivity index (χ1) is 7.16. The van der Waals surface area contributed by atoms with Crippen LogP contribution in [0.3, 0.4) is 0 Å². The Morgan fingerprint density at radius 2 is 2.20 bits per heavy atom. The van der Waals surface area contributed by atoms with E-state index in [-0.39, 0.29) is 5.69 Å². The summed E-state index contributed by atoms with van der Waals surface area (Å²) in [6.07, 6.45) is 2.49. The zero-order valence-corrected chi connectivity index (χ0v) is 7.46. The van der Waals surface area contributed by atoms with Crippen LogP contribution in [0.15, 0.2) is 30.6 Å². The summed E-state index contributed by atoms with van der Waals surface area (Å²) >= 11 is 0. The van der Waals surface area contributed by atoms with Crippen LogP contribution in [0.25, 0.3) is 5.82 Å². The molecule has 0 fully saturated rings. The molecule has 2 aromatic heterocycles. The molecule has 76 valence electrons. The van der Waals surface area contributed by atoms with Gasteiger partial charge in [0.2, 0.25) is 0 Å². The first-order valence-corrected chi connectivity index (χ1v) is 4.08. The molecule has 0 aliphatic heterocycles. The Balaban J connectivity index is 2.37. The second-order valence-electron chi connectivity index (χ2n) is 2.79. The summed E-state index contributed by atoms with van der Waals surface area (Å²) in [4.78, 5) is 14.3. The average Bonchev–Trinajstić information content (AvgIpc) is 2.68. The molecule has 0 radical (unpaired) electrons. The van der Waals surface area contributed by atoms with Gasteiger partial charge < -0.3 is 5.11 Å². The number of carboxylic acids is 1. The van der Waals surface area contributed by atoms with Crippen molar-refractivity contribution in [1.82, 2.24) is 14.8 Å². The van der Waals surface area contributed by atoms with Crippen molar-refractivity contribution >= 4 is 5.97 Å². The quantitative estimate of drug-likeness (QED) is 0.800. The molecule has 2 heterocycles. The first kappa shape index (κ1) is 9.32. The number of pyridine rings is 1. The molecule has 0 saturated heterocycles. The Kier molecular flexibility index (Phi) is 2.17. The molecule has 0 unspecified atom stereocenters. The highest BCUT2D eigenvalue weighted by atomic mass is 19.1. The fourth-order valence-electron chi connectivity index (χ4n) is 1.07. The van der Waals surface area contributed by atoms with Gasteiger partial charge in [0.15, 0.2) is 11.5 Å². The molecule has 0 aliphatic carbocycles. The van der Waals surface area contributed by atoms with Gasteiger partial charge in [-0.1, -0.05) is 0 Å². The fraction of sp³-hybridized carbons (Fsp3) is 0. The number of carboxylic acid groups (broad SMARTS) is 1. The van der Waals surface area contributed by atoms with E-state index in [4.69, 9.17) is 5.11 Å². The maximum atomic E-state index is 12.5. The minimum Gasteiger partial charge on any atom is -0.476 e. The molecular weight excluding hydrogens is 201 g/mol. The van der Waals surface area contributed by atoms with Crippen molar-refractivity contribution in [2.75, 3.05) is 0 Å². The van der Waals surface area contributed by atoms with Gasteiger partial charge in [-0.2, -0.15) is 5.10 Å². The van der Waals surface area contributed by atoms with Crippen molar-refractivity contribution in [3.8, 4) is 5.82 Å². The van der Waals surface area contributed by atoms with Crippen molar-refractivity contribution < 1.29 is 14.3 Å². The number of hydrogen-bond acceptors (Lipinski definition) is 3. The second-order valence-corrected chi connectivity index (χ2v) is 2.79. The highest BCUT2D eigenvalue weighted by Crippen LogP contribution is 2.05. The van der Waals surface area contributed by atoms with Crippen LogP contribution >= 0.6 is 0 Å². The van der Waals surface area contributed by atoms with E-state index in [0.29, 0.717) is 5.82 Å². The molecule has 0 saturated carbocycles. The van der Waals surface area contributed by atoms with Gasteiger partial charge in [0.25, 0.3) is 0 Å². The molecule has 1 N–H and O–H groups in total. The van der Waals surface area contributed by atoms with Gasteiger partial charge in [-0.15, -0.1) is 0 Å². The lowest BCUT2D eigenvalue weighted by molar-refractivity contribution is 0.0690. The molecule has 15 heavy (non-hydrogen) atoms. The number of hydrogen-bond donors (Lipinski definition) is 1. The van der Waals surface area contributed by atoms with E-state index < -0.39 is 11.8 Å². The minimum absolute atomic E-state index is 0.0823. The lowest BCUT2D eigenvalue weighted by Crippen LogP contribution is -2.02. The lowest BCUT2D eigenvalue weighted by atomic mass is 10.4. The summed E-state index contributed by atoms with van der Waals surface area (Å²) in [5.74, 6) is -1.20. The highest BCUT2D eigenvalue weighted by Gasteiger charge is 2.07. The third-order valence-corrected chi connectivity index (χ3v) is 1.75. The third kappa shape index (κ3) is 1.83. The van der Waals surface area contributed by atoms with Crippen LogP contribution in [0.2, 0.25) is 0 Å². The van der Waals surface area contributed by atoms with Gasteiger partial charge in [-0.05, 0) is 18.2 Å². The normalized spacial score (nSPS) is 10.2. The third-order valence-electron chi connectivity index (χ3n) is 1.75. The Morgan fingerprint density at radius 3 is 2.73 bits per heavy atom.